The van der Waals surface area contributed by atoms with Crippen LogP contribution in [-0.2, 0) is 11.0 Å². The smallest absolute Gasteiger partial charge is 0.274 e. The van der Waals surface area contributed by atoms with Gasteiger partial charge < -0.3 is 0 Å². The molecule has 0 bridgehead atoms. The Balaban J connectivity index is 1.77. The number of halogens is 3. The Morgan fingerprint density at radius 1 is 0.963 bits per heavy atom. The number of nitrogens with one attached hydrogen (secondary N) is 1. The van der Waals surface area contributed by atoms with E-state index in [4.69, 9.17) is 0 Å². The lowest BCUT2D eigenvalue weighted by atomic mass is 9.86. The maximum atomic E-state index is 13.1. The summed E-state index contributed by atoms with van der Waals surface area (Å²) in [6.07, 6.45) is -0.985. The number of nitrogens with zero attached hydrogens (tertiary/aromatic N) is 2. The zero-order chi connectivity index (χ0) is 19.0. The fourth-order valence-electron chi connectivity index (χ4n) is 3.16. The summed E-state index contributed by atoms with van der Waals surface area (Å²) in [5, 5.41) is 4.03. The molecule has 0 aliphatic carbocycles. The van der Waals surface area contributed by atoms with E-state index in [0.29, 0.717) is 11.4 Å². The summed E-state index contributed by atoms with van der Waals surface area (Å²) in [7, 11) is 0. The predicted octanol–water partition coefficient (Wildman–Crippen LogP) is 3.58. The van der Waals surface area contributed by atoms with E-state index in [1.54, 1.807) is 18.2 Å². The molecule has 4 rings (SSSR count). The summed E-state index contributed by atoms with van der Waals surface area (Å²) in [5.41, 5.74) is 3.73. The fraction of sp³-hybridized carbons (Fsp3) is 0.150. The van der Waals surface area contributed by atoms with Gasteiger partial charge in [-0.3, -0.25) is 9.79 Å². The summed E-state index contributed by atoms with van der Waals surface area (Å²) in [4.78, 5) is 16.8. The molecule has 4 nitrogen and oxygen atoms in total. The van der Waals surface area contributed by atoms with Gasteiger partial charge in [0.1, 0.15) is 6.04 Å². The lowest BCUT2D eigenvalue weighted by Crippen LogP contribution is -2.45. The number of fused-ring (bicyclic) bond motifs is 1. The van der Waals surface area contributed by atoms with E-state index in [1.165, 1.54) is 6.07 Å². The molecule has 1 amide bonds. The Morgan fingerprint density at radius 2 is 1.70 bits per heavy atom. The van der Waals surface area contributed by atoms with Gasteiger partial charge in [0.25, 0.3) is 0 Å². The largest absolute Gasteiger partial charge is 0.416 e. The Kier molecular flexibility index (Phi) is 4.14. The first-order valence-corrected chi connectivity index (χ1v) is 8.30. The maximum Gasteiger partial charge on any atom is 0.416 e. The number of amides is 1. The summed E-state index contributed by atoms with van der Waals surface area (Å²) >= 11 is 0. The zero-order valence-corrected chi connectivity index (χ0v) is 13.9. The highest BCUT2D eigenvalue weighted by Gasteiger charge is 2.38. The number of alkyl halides is 3. The van der Waals surface area contributed by atoms with Crippen LogP contribution in [0.2, 0.25) is 0 Å². The average Bonchev–Trinajstić information content (AvgIpc) is 2.68. The molecular weight excluding hydrogens is 355 g/mol. The van der Waals surface area contributed by atoms with Crippen molar-refractivity contribution < 1.29 is 18.0 Å². The topological polar surface area (TPSA) is 53.8 Å². The number of aliphatic imine (C=N–C) groups is 1. The van der Waals surface area contributed by atoms with E-state index in [-0.39, 0.29) is 11.5 Å². The molecule has 0 saturated heterocycles. The molecule has 2 aliphatic rings. The number of hydrazone groups is 1. The van der Waals surface area contributed by atoms with Gasteiger partial charge in [-0.15, -0.1) is 0 Å². The first-order valence-electron chi connectivity index (χ1n) is 8.30. The van der Waals surface area contributed by atoms with Gasteiger partial charge in [-0.2, -0.15) is 18.3 Å². The van der Waals surface area contributed by atoms with E-state index in [1.807, 2.05) is 30.3 Å². The number of carbonyl (C=O) groups is 1. The monoisotopic (exact) mass is 369 g/mol. The molecule has 136 valence electrons. The van der Waals surface area contributed by atoms with E-state index in [0.717, 1.165) is 17.7 Å². The molecular formula is C20H14F3N3O. The molecule has 2 aromatic carbocycles. The molecule has 0 saturated carbocycles. The van der Waals surface area contributed by atoms with Crippen LogP contribution in [0.5, 0.6) is 0 Å². The number of carbonyl (C=O) groups excluding carboxylic acids is 1. The molecule has 7 heteroatoms. The van der Waals surface area contributed by atoms with Crippen molar-refractivity contribution in [2.75, 3.05) is 0 Å². The van der Waals surface area contributed by atoms with Gasteiger partial charge in [-0.25, -0.2) is 5.43 Å². The van der Waals surface area contributed by atoms with Crippen molar-refractivity contribution in [1.29, 1.82) is 0 Å². The van der Waals surface area contributed by atoms with Crippen molar-refractivity contribution in [3.8, 4) is 0 Å². The summed E-state index contributed by atoms with van der Waals surface area (Å²) in [5.74, 6) is -0.942. The number of benzene rings is 2. The van der Waals surface area contributed by atoms with Crippen LogP contribution < -0.4 is 5.43 Å². The van der Waals surface area contributed by atoms with E-state index in [9.17, 15) is 18.0 Å². The van der Waals surface area contributed by atoms with Crippen LogP contribution in [0.4, 0.5) is 13.2 Å². The van der Waals surface area contributed by atoms with Gasteiger partial charge in [-0.1, -0.05) is 48.5 Å². The lowest BCUT2D eigenvalue weighted by Gasteiger charge is -2.29. The van der Waals surface area contributed by atoms with Crippen LogP contribution in [0.25, 0.3) is 0 Å². The molecule has 0 spiro atoms. The number of hydrogen-bond acceptors (Lipinski definition) is 3. The van der Waals surface area contributed by atoms with Crippen LogP contribution in [0, 0.1) is 5.92 Å². The van der Waals surface area contributed by atoms with Crippen molar-refractivity contribution in [2.24, 2.45) is 16.0 Å². The Bertz CT molecular complexity index is 977. The minimum Gasteiger partial charge on any atom is -0.274 e. The van der Waals surface area contributed by atoms with Gasteiger partial charge >= 0.3 is 6.18 Å². The van der Waals surface area contributed by atoms with Crippen molar-refractivity contribution in [1.82, 2.24) is 5.43 Å². The van der Waals surface area contributed by atoms with Crippen LogP contribution in [0.3, 0.4) is 0 Å². The molecule has 0 fully saturated rings. The Labute approximate surface area is 153 Å². The fourth-order valence-corrected chi connectivity index (χ4v) is 3.16. The van der Waals surface area contributed by atoms with Crippen molar-refractivity contribution in [3.63, 3.8) is 0 Å². The predicted molar refractivity (Wildman–Crippen MR) is 95.5 cm³/mol. The third-order valence-electron chi connectivity index (χ3n) is 4.50. The number of dihydropyridines is 1. The lowest BCUT2D eigenvalue weighted by molar-refractivity contribution is -0.137. The first kappa shape index (κ1) is 17.2. The Morgan fingerprint density at radius 3 is 2.44 bits per heavy atom. The quantitative estimate of drug-likeness (QED) is 0.864. The average molecular weight is 369 g/mol. The van der Waals surface area contributed by atoms with Crippen molar-refractivity contribution >= 4 is 17.3 Å². The molecule has 27 heavy (non-hydrogen) atoms. The SMILES string of the molecule is O=C1NN=C(c2cccc(C(F)(F)F)c2)C2N=C(c3ccccc3)C=CC12. The molecule has 1 N–H and O–H groups in total. The highest BCUT2D eigenvalue weighted by atomic mass is 19.4. The van der Waals surface area contributed by atoms with Gasteiger partial charge in [-0.05, 0) is 23.8 Å². The number of hydrogen-bond donors (Lipinski definition) is 1. The Hall–Kier alpha value is -3.22. The first-order chi connectivity index (χ1) is 12.9. The summed E-state index contributed by atoms with van der Waals surface area (Å²) < 4.78 is 39.2. The van der Waals surface area contributed by atoms with Crippen molar-refractivity contribution in [2.45, 2.75) is 12.2 Å². The minimum atomic E-state index is -4.46. The van der Waals surface area contributed by atoms with Gasteiger partial charge in [0.2, 0.25) is 5.91 Å². The second-order valence-corrected chi connectivity index (χ2v) is 6.26. The van der Waals surface area contributed by atoms with E-state index < -0.39 is 23.7 Å². The molecule has 2 aromatic rings. The van der Waals surface area contributed by atoms with Crippen molar-refractivity contribution in [3.05, 3.63) is 83.4 Å². The number of rotatable bonds is 2. The highest BCUT2D eigenvalue weighted by molar-refractivity contribution is 6.15. The summed E-state index contributed by atoms with van der Waals surface area (Å²) in [6.45, 7) is 0. The second-order valence-electron chi connectivity index (χ2n) is 6.26. The standard InChI is InChI=1S/C20H14F3N3O/c21-20(22,23)14-8-4-7-13(11-14)17-18-15(19(27)26-25-17)9-10-16(24-18)12-5-2-1-3-6-12/h1-11,15,18H,(H,26,27). The number of allylic oxidation sites excluding steroid dienone is 1. The van der Waals surface area contributed by atoms with Crippen LogP contribution >= 0.6 is 0 Å². The molecule has 0 aromatic heterocycles. The molecule has 0 radical (unpaired) electrons. The highest BCUT2D eigenvalue weighted by Crippen LogP contribution is 2.31. The minimum absolute atomic E-state index is 0.284. The van der Waals surface area contributed by atoms with E-state index in [2.05, 4.69) is 15.5 Å². The van der Waals surface area contributed by atoms with Crippen LogP contribution in [0.1, 0.15) is 16.7 Å². The van der Waals surface area contributed by atoms with Crippen LogP contribution in [-0.4, -0.2) is 23.4 Å². The summed E-state index contributed by atoms with van der Waals surface area (Å²) in [6, 6.07) is 13.6. The second kappa shape index (κ2) is 6.50. The van der Waals surface area contributed by atoms with Gasteiger partial charge in [0.15, 0.2) is 0 Å². The third kappa shape index (κ3) is 3.28. The van der Waals surface area contributed by atoms with E-state index >= 15 is 0 Å². The van der Waals surface area contributed by atoms with Gasteiger partial charge in [0, 0.05) is 5.56 Å². The third-order valence-corrected chi connectivity index (χ3v) is 4.50. The normalized spacial score (nSPS) is 21.8. The molecule has 2 unspecified atom stereocenters. The molecule has 2 atom stereocenters. The zero-order valence-electron chi connectivity index (χ0n) is 13.9. The molecule has 2 heterocycles. The van der Waals surface area contributed by atoms with Gasteiger partial charge in [0.05, 0.1) is 22.9 Å². The maximum absolute atomic E-state index is 13.1. The molecule has 2 aliphatic heterocycles. The van der Waals surface area contributed by atoms with Crippen LogP contribution in [0.15, 0.2) is 76.8 Å².